The van der Waals surface area contributed by atoms with Crippen LogP contribution in [-0.4, -0.2) is 14.5 Å². The van der Waals surface area contributed by atoms with E-state index in [1.165, 1.54) is 34.7 Å². The van der Waals surface area contributed by atoms with E-state index in [-0.39, 0.29) is 11.2 Å². The highest BCUT2D eigenvalue weighted by Crippen LogP contribution is 2.34. The highest BCUT2D eigenvalue weighted by Gasteiger charge is 2.30. The van der Waals surface area contributed by atoms with Crippen molar-refractivity contribution >= 4 is 55.8 Å². The maximum absolute atomic E-state index is 13.3. The minimum absolute atomic E-state index is 0.148. The van der Waals surface area contributed by atoms with Crippen LogP contribution < -0.4 is 5.56 Å². The fourth-order valence-electron chi connectivity index (χ4n) is 3.43. The maximum Gasteiger partial charge on any atom is 0.416 e. The Kier molecular flexibility index (Phi) is 5.64. The van der Waals surface area contributed by atoms with Crippen LogP contribution in [0.4, 0.5) is 13.2 Å². The van der Waals surface area contributed by atoms with Crippen molar-refractivity contribution in [1.29, 1.82) is 0 Å². The number of rotatable bonds is 4. The summed E-state index contributed by atoms with van der Waals surface area (Å²) in [6.07, 6.45) is -2.98. The van der Waals surface area contributed by atoms with Gasteiger partial charge in [0.25, 0.3) is 5.56 Å². The Balaban J connectivity index is 1.60. The van der Waals surface area contributed by atoms with Gasteiger partial charge in [0, 0.05) is 21.7 Å². The molecule has 0 bridgehead atoms. The van der Waals surface area contributed by atoms with Crippen LogP contribution in [0, 0.1) is 0 Å². The van der Waals surface area contributed by atoms with E-state index in [1.807, 2.05) is 23.6 Å². The fourth-order valence-corrected chi connectivity index (χ4v) is 5.65. The van der Waals surface area contributed by atoms with Gasteiger partial charge >= 0.3 is 6.18 Å². The number of hydrogen-bond acceptors (Lipinski definition) is 5. The zero-order chi connectivity index (χ0) is 23.2. The number of thioether (sulfide) groups is 1. The molecule has 0 radical (unpaired) electrons. The van der Waals surface area contributed by atoms with Gasteiger partial charge in [0.15, 0.2) is 10.7 Å². The largest absolute Gasteiger partial charge is 0.416 e. The lowest BCUT2D eigenvalue weighted by Gasteiger charge is -2.14. The molecule has 0 aliphatic carbocycles. The Labute approximate surface area is 198 Å². The third-order valence-corrected chi connectivity index (χ3v) is 7.26. The van der Waals surface area contributed by atoms with Crippen molar-refractivity contribution in [3.05, 3.63) is 92.7 Å². The van der Waals surface area contributed by atoms with Crippen LogP contribution in [0.15, 0.2) is 76.1 Å². The molecule has 33 heavy (non-hydrogen) atoms. The first-order valence-corrected chi connectivity index (χ1v) is 11.9. The average Bonchev–Trinajstić information content (AvgIpc) is 3.19. The summed E-state index contributed by atoms with van der Waals surface area (Å²) in [6.45, 7) is 0. The average molecular weight is 504 g/mol. The van der Waals surface area contributed by atoms with Crippen molar-refractivity contribution in [3.8, 4) is 5.69 Å². The number of hydrogen-bond donors (Lipinski definition) is 0. The van der Waals surface area contributed by atoms with Crippen molar-refractivity contribution < 1.29 is 13.2 Å². The summed E-state index contributed by atoms with van der Waals surface area (Å²) in [4.78, 5) is 22.0. The minimum Gasteiger partial charge on any atom is -0.266 e. The molecule has 10 heteroatoms. The number of fused-ring (bicyclic) bond motifs is 2. The molecule has 0 spiro atoms. The van der Waals surface area contributed by atoms with Crippen molar-refractivity contribution in [2.45, 2.75) is 17.1 Å². The number of thiophene rings is 1. The predicted octanol–water partition coefficient (Wildman–Crippen LogP) is 6.96. The molecule has 3 aromatic heterocycles. The number of halogens is 4. The van der Waals surface area contributed by atoms with E-state index in [1.54, 1.807) is 23.5 Å². The lowest BCUT2D eigenvalue weighted by Crippen LogP contribution is -2.22. The number of pyridine rings is 1. The Hall–Kier alpha value is -2.88. The number of benzene rings is 2. The van der Waals surface area contributed by atoms with E-state index in [2.05, 4.69) is 9.97 Å². The zero-order valence-electron chi connectivity index (χ0n) is 16.6. The number of alkyl halides is 3. The first kappa shape index (κ1) is 21.9. The first-order chi connectivity index (χ1) is 15.8. The molecule has 0 unspecified atom stereocenters. The molecular formula is C23H13ClF3N3OS2. The Bertz CT molecular complexity index is 1550. The van der Waals surface area contributed by atoms with Crippen LogP contribution in [-0.2, 0) is 11.9 Å². The van der Waals surface area contributed by atoms with Gasteiger partial charge in [-0.3, -0.25) is 9.36 Å². The monoisotopic (exact) mass is 503 g/mol. The van der Waals surface area contributed by atoms with Crippen LogP contribution in [0.25, 0.3) is 26.8 Å². The molecule has 5 aromatic rings. The molecule has 5 rings (SSSR count). The van der Waals surface area contributed by atoms with Gasteiger partial charge in [-0.05, 0) is 70.9 Å². The van der Waals surface area contributed by atoms with Crippen molar-refractivity contribution in [3.63, 3.8) is 0 Å². The van der Waals surface area contributed by atoms with Crippen molar-refractivity contribution in [2.75, 3.05) is 0 Å². The molecule has 4 nitrogen and oxygen atoms in total. The number of aromatic nitrogens is 3. The molecule has 0 amide bonds. The van der Waals surface area contributed by atoms with Crippen LogP contribution in [0.1, 0.15) is 11.1 Å². The normalized spacial score (nSPS) is 12.0. The molecule has 0 N–H and O–H groups in total. The highest BCUT2D eigenvalue weighted by molar-refractivity contribution is 7.98. The molecule has 2 aromatic carbocycles. The Morgan fingerprint density at radius 3 is 2.64 bits per heavy atom. The lowest BCUT2D eigenvalue weighted by atomic mass is 10.2. The Morgan fingerprint density at radius 2 is 1.88 bits per heavy atom. The molecule has 0 aliphatic heterocycles. The molecule has 0 saturated heterocycles. The second-order valence-corrected chi connectivity index (χ2v) is 9.43. The second kappa shape index (κ2) is 8.48. The van der Waals surface area contributed by atoms with Gasteiger partial charge in [-0.1, -0.05) is 23.4 Å². The minimum atomic E-state index is -4.47. The van der Waals surface area contributed by atoms with E-state index in [4.69, 9.17) is 11.6 Å². The van der Waals surface area contributed by atoms with E-state index >= 15 is 0 Å². The first-order valence-electron chi connectivity index (χ1n) is 9.65. The maximum atomic E-state index is 13.3. The SMILES string of the molecule is O=c1c2ncccc2nc(SCc2csc3ccc(Cl)cc23)n1-c1ccc(C(F)(F)F)cc1. The van der Waals surface area contributed by atoms with Gasteiger partial charge in [-0.25, -0.2) is 9.97 Å². The van der Waals surface area contributed by atoms with Crippen molar-refractivity contribution in [2.24, 2.45) is 0 Å². The summed E-state index contributed by atoms with van der Waals surface area (Å²) in [7, 11) is 0. The second-order valence-electron chi connectivity index (χ2n) is 7.14. The quantitative estimate of drug-likeness (QED) is 0.196. The third kappa shape index (κ3) is 4.23. The van der Waals surface area contributed by atoms with Crippen LogP contribution in [0.3, 0.4) is 0 Å². The smallest absolute Gasteiger partial charge is 0.266 e. The lowest BCUT2D eigenvalue weighted by molar-refractivity contribution is -0.137. The number of nitrogens with zero attached hydrogens (tertiary/aromatic N) is 3. The third-order valence-electron chi connectivity index (χ3n) is 5.02. The summed E-state index contributed by atoms with van der Waals surface area (Å²) in [6, 6.07) is 13.5. The molecule has 0 aliphatic rings. The van der Waals surface area contributed by atoms with Crippen molar-refractivity contribution in [1.82, 2.24) is 14.5 Å². The van der Waals surface area contributed by atoms with Crippen LogP contribution in [0.5, 0.6) is 0 Å². The van der Waals surface area contributed by atoms with Gasteiger partial charge < -0.3 is 0 Å². The Morgan fingerprint density at radius 1 is 1.09 bits per heavy atom. The van der Waals surface area contributed by atoms with E-state index < -0.39 is 17.3 Å². The molecule has 0 atom stereocenters. The van der Waals surface area contributed by atoms with Crippen LogP contribution >= 0.6 is 34.7 Å². The predicted molar refractivity (Wildman–Crippen MR) is 127 cm³/mol. The fraction of sp³-hybridized carbons (Fsp3) is 0.0870. The van der Waals surface area contributed by atoms with E-state index in [9.17, 15) is 18.0 Å². The molecule has 0 saturated carbocycles. The summed E-state index contributed by atoms with van der Waals surface area (Å²) in [5, 5.41) is 4.04. The zero-order valence-corrected chi connectivity index (χ0v) is 19.0. The van der Waals surface area contributed by atoms with E-state index in [0.717, 1.165) is 27.8 Å². The van der Waals surface area contributed by atoms with Gasteiger partial charge in [-0.2, -0.15) is 13.2 Å². The van der Waals surface area contributed by atoms with Gasteiger partial charge in [0.05, 0.1) is 16.8 Å². The summed E-state index contributed by atoms with van der Waals surface area (Å²) < 4.78 is 41.5. The summed E-state index contributed by atoms with van der Waals surface area (Å²) in [5.74, 6) is 0.499. The standard InChI is InChI=1S/C23H13ClF3N3OS2/c24-15-5-8-19-17(10-15)13(11-32-19)12-33-22-29-18-2-1-9-28-20(18)21(31)30(22)16-6-3-14(4-7-16)23(25,26)27/h1-11H,12H2. The van der Waals surface area contributed by atoms with Gasteiger partial charge in [0.1, 0.15) is 0 Å². The summed E-state index contributed by atoms with van der Waals surface area (Å²) in [5.41, 5.74) is 0.653. The highest BCUT2D eigenvalue weighted by atomic mass is 35.5. The molecule has 166 valence electrons. The van der Waals surface area contributed by atoms with Crippen LogP contribution in [0.2, 0.25) is 5.02 Å². The van der Waals surface area contributed by atoms with Gasteiger partial charge in [-0.15, -0.1) is 11.3 Å². The summed E-state index contributed by atoms with van der Waals surface area (Å²) >= 11 is 9.07. The van der Waals surface area contributed by atoms with Gasteiger partial charge in [0.2, 0.25) is 0 Å². The molecule has 0 fully saturated rings. The van der Waals surface area contributed by atoms with E-state index in [0.29, 0.717) is 21.4 Å². The molecule has 3 heterocycles. The molecular weight excluding hydrogens is 491 g/mol. The topological polar surface area (TPSA) is 47.8 Å².